The fraction of sp³-hybridized carbons (Fsp3) is 0.571. The van der Waals surface area contributed by atoms with E-state index in [0.29, 0.717) is 18.0 Å². The molecule has 2 rings (SSSR count). The molecule has 0 aliphatic heterocycles. The minimum absolute atomic E-state index is 0.327. The molecule has 0 radical (unpaired) electrons. The average Bonchev–Trinajstić information content (AvgIpc) is 3.18. The molecule has 1 saturated carbocycles. The van der Waals surface area contributed by atoms with Crippen LogP contribution in [0.3, 0.4) is 0 Å². The van der Waals surface area contributed by atoms with Crippen LogP contribution in [0.5, 0.6) is 0 Å². The lowest BCUT2D eigenvalue weighted by atomic mass is 10.1. The summed E-state index contributed by atoms with van der Waals surface area (Å²) in [6.45, 7) is 2.84. The van der Waals surface area contributed by atoms with Crippen molar-refractivity contribution in [2.75, 3.05) is 6.54 Å². The molecule has 106 valence electrons. The van der Waals surface area contributed by atoms with E-state index in [0.717, 1.165) is 29.9 Å². The summed E-state index contributed by atoms with van der Waals surface area (Å²) in [4.78, 5) is 0.327. The fourth-order valence-electron chi connectivity index (χ4n) is 2.15. The van der Waals surface area contributed by atoms with Crippen LogP contribution >= 0.6 is 0 Å². The molecule has 0 bridgehead atoms. The molecule has 19 heavy (non-hydrogen) atoms. The maximum absolute atomic E-state index is 12.1. The number of hydrogen-bond donors (Lipinski definition) is 2. The van der Waals surface area contributed by atoms with Crippen LogP contribution < -0.4 is 10.5 Å². The standard InChI is InChI=1S/C14H22N2O2S/c1-11-9-14(7-6-13(11)10-15)19(17,18)16-8-2-3-12-4-5-12/h6-7,9,12,16H,2-5,8,10,15H2,1H3. The molecule has 1 aliphatic rings. The quantitative estimate of drug-likeness (QED) is 0.751. The summed E-state index contributed by atoms with van der Waals surface area (Å²) in [5.74, 6) is 0.843. The highest BCUT2D eigenvalue weighted by molar-refractivity contribution is 7.89. The number of nitrogens with two attached hydrogens (primary N) is 1. The first-order valence-electron chi connectivity index (χ1n) is 6.82. The van der Waals surface area contributed by atoms with Gasteiger partial charge in [0.2, 0.25) is 10.0 Å². The Hall–Kier alpha value is -0.910. The number of benzene rings is 1. The third-order valence-electron chi connectivity index (χ3n) is 3.62. The molecule has 1 aromatic rings. The first-order chi connectivity index (χ1) is 9.03. The van der Waals surface area contributed by atoms with Gasteiger partial charge in [0.1, 0.15) is 0 Å². The molecule has 3 N–H and O–H groups in total. The summed E-state index contributed by atoms with van der Waals surface area (Å²) < 4.78 is 26.9. The predicted molar refractivity (Wildman–Crippen MR) is 76.2 cm³/mol. The SMILES string of the molecule is Cc1cc(S(=O)(=O)NCCCC2CC2)ccc1CN. The van der Waals surface area contributed by atoms with Gasteiger partial charge in [0, 0.05) is 13.1 Å². The summed E-state index contributed by atoms with van der Waals surface area (Å²) in [7, 11) is -3.38. The van der Waals surface area contributed by atoms with E-state index in [-0.39, 0.29) is 0 Å². The van der Waals surface area contributed by atoms with Crippen LogP contribution in [0, 0.1) is 12.8 Å². The molecule has 1 fully saturated rings. The van der Waals surface area contributed by atoms with Gasteiger partial charge in [-0.3, -0.25) is 0 Å². The molecule has 0 amide bonds. The minimum atomic E-state index is -3.38. The van der Waals surface area contributed by atoms with Crippen molar-refractivity contribution in [1.82, 2.24) is 4.72 Å². The maximum Gasteiger partial charge on any atom is 0.240 e. The molecule has 0 saturated heterocycles. The van der Waals surface area contributed by atoms with Crippen LogP contribution in [0.2, 0.25) is 0 Å². The summed E-state index contributed by atoms with van der Waals surface area (Å²) >= 11 is 0. The zero-order chi connectivity index (χ0) is 13.9. The van der Waals surface area contributed by atoms with E-state index in [1.54, 1.807) is 18.2 Å². The van der Waals surface area contributed by atoms with Crippen LogP contribution in [0.15, 0.2) is 23.1 Å². The van der Waals surface area contributed by atoms with Crippen LogP contribution in [0.25, 0.3) is 0 Å². The zero-order valence-electron chi connectivity index (χ0n) is 11.4. The molecular formula is C14H22N2O2S. The molecule has 1 aliphatic carbocycles. The van der Waals surface area contributed by atoms with E-state index < -0.39 is 10.0 Å². The summed E-state index contributed by atoms with van der Waals surface area (Å²) in [6, 6.07) is 5.10. The van der Waals surface area contributed by atoms with E-state index in [9.17, 15) is 8.42 Å². The second kappa shape index (κ2) is 6.03. The largest absolute Gasteiger partial charge is 0.326 e. The van der Waals surface area contributed by atoms with Crippen molar-refractivity contribution in [3.05, 3.63) is 29.3 Å². The van der Waals surface area contributed by atoms with E-state index >= 15 is 0 Å². The van der Waals surface area contributed by atoms with E-state index in [2.05, 4.69) is 4.72 Å². The number of aryl methyl sites for hydroxylation is 1. The lowest BCUT2D eigenvalue weighted by molar-refractivity contribution is 0.572. The Balaban J connectivity index is 1.95. The number of sulfonamides is 1. The monoisotopic (exact) mass is 282 g/mol. The third-order valence-corrected chi connectivity index (χ3v) is 5.08. The Morgan fingerprint density at radius 3 is 2.68 bits per heavy atom. The normalized spacial score (nSPS) is 15.7. The Bertz CT molecular complexity index is 536. The van der Waals surface area contributed by atoms with Crippen LogP contribution in [-0.4, -0.2) is 15.0 Å². The van der Waals surface area contributed by atoms with Crippen molar-refractivity contribution in [3.8, 4) is 0 Å². The molecule has 5 heteroatoms. The number of rotatable bonds is 7. The number of nitrogens with one attached hydrogen (secondary N) is 1. The van der Waals surface area contributed by atoms with Gasteiger partial charge in [-0.15, -0.1) is 0 Å². The van der Waals surface area contributed by atoms with Crippen molar-refractivity contribution >= 4 is 10.0 Å². The van der Waals surface area contributed by atoms with E-state index in [1.807, 2.05) is 6.92 Å². The van der Waals surface area contributed by atoms with Crippen molar-refractivity contribution < 1.29 is 8.42 Å². The van der Waals surface area contributed by atoms with Crippen LogP contribution in [-0.2, 0) is 16.6 Å². The molecule has 0 unspecified atom stereocenters. The predicted octanol–water partition coefficient (Wildman–Crippen LogP) is 1.92. The average molecular weight is 282 g/mol. The van der Waals surface area contributed by atoms with E-state index in [4.69, 9.17) is 5.73 Å². The van der Waals surface area contributed by atoms with Gasteiger partial charge in [-0.1, -0.05) is 18.9 Å². The molecule has 4 nitrogen and oxygen atoms in total. The minimum Gasteiger partial charge on any atom is -0.326 e. The highest BCUT2D eigenvalue weighted by atomic mass is 32.2. The Morgan fingerprint density at radius 1 is 1.37 bits per heavy atom. The van der Waals surface area contributed by atoms with Gasteiger partial charge in [-0.2, -0.15) is 0 Å². The summed E-state index contributed by atoms with van der Waals surface area (Å²) in [5.41, 5.74) is 7.48. The number of hydrogen-bond acceptors (Lipinski definition) is 3. The van der Waals surface area contributed by atoms with Gasteiger partial charge in [-0.25, -0.2) is 13.1 Å². The Kier molecular flexibility index (Phi) is 4.60. The summed E-state index contributed by atoms with van der Waals surface area (Å²) in [6.07, 6.45) is 4.68. The third kappa shape index (κ3) is 4.03. The van der Waals surface area contributed by atoms with Gasteiger partial charge in [0.25, 0.3) is 0 Å². The lowest BCUT2D eigenvalue weighted by Crippen LogP contribution is -2.25. The molecular weight excluding hydrogens is 260 g/mol. The van der Waals surface area contributed by atoms with Crippen LogP contribution in [0.4, 0.5) is 0 Å². The van der Waals surface area contributed by atoms with Gasteiger partial charge < -0.3 is 5.73 Å². The van der Waals surface area contributed by atoms with Crippen molar-refractivity contribution in [3.63, 3.8) is 0 Å². The first-order valence-corrected chi connectivity index (χ1v) is 8.30. The van der Waals surface area contributed by atoms with Gasteiger partial charge in [-0.05, 0) is 48.9 Å². The second-order valence-electron chi connectivity index (χ2n) is 5.28. The second-order valence-corrected chi connectivity index (χ2v) is 7.04. The molecule has 0 atom stereocenters. The topological polar surface area (TPSA) is 72.2 Å². The Labute approximate surface area is 115 Å². The first kappa shape index (κ1) is 14.5. The molecule has 0 spiro atoms. The molecule has 0 heterocycles. The van der Waals surface area contributed by atoms with Gasteiger partial charge in [0.15, 0.2) is 0 Å². The molecule has 1 aromatic carbocycles. The summed E-state index contributed by atoms with van der Waals surface area (Å²) in [5, 5.41) is 0. The van der Waals surface area contributed by atoms with Crippen molar-refractivity contribution in [2.45, 2.75) is 44.0 Å². The highest BCUT2D eigenvalue weighted by Crippen LogP contribution is 2.33. The zero-order valence-corrected chi connectivity index (χ0v) is 12.2. The molecule has 0 aromatic heterocycles. The van der Waals surface area contributed by atoms with Gasteiger partial charge in [0.05, 0.1) is 4.90 Å². The maximum atomic E-state index is 12.1. The Morgan fingerprint density at radius 2 is 2.11 bits per heavy atom. The van der Waals surface area contributed by atoms with Crippen molar-refractivity contribution in [1.29, 1.82) is 0 Å². The van der Waals surface area contributed by atoms with E-state index in [1.165, 1.54) is 12.8 Å². The van der Waals surface area contributed by atoms with Crippen molar-refractivity contribution in [2.24, 2.45) is 11.7 Å². The van der Waals surface area contributed by atoms with Gasteiger partial charge >= 0.3 is 0 Å². The smallest absolute Gasteiger partial charge is 0.240 e. The van der Waals surface area contributed by atoms with Crippen LogP contribution in [0.1, 0.15) is 36.8 Å². The fourth-order valence-corrected chi connectivity index (χ4v) is 3.31. The highest BCUT2D eigenvalue weighted by Gasteiger charge is 2.21. The lowest BCUT2D eigenvalue weighted by Gasteiger charge is -2.09.